The summed E-state index contributed by atoms with van der Waals surface area (Å²) in [7, 11) is 0. The van der Waals surface area contributed by atoms with E-state index in [2.05, 4.69) is 30.6 Å². The number of piperazine rings is 1. The molecule has 4 heterocycles. The van der Waals surface area contributed by atoms with Gasteiger partial charge in [0.25, 0.3) is 0 Å². The van der Waals surface area contributed by atoms with Crippen molar-refractivity contribution in [3.8, 4) is 11.1 Å². The molecule has 4 N–H and O–H groups in total. The first-order valence-electron chi connectivity index (χ1n) is 11.0. The molecule has 1 fully saturated rings. The zero-order chi connectivity index (χ0) is 24.5. The average Bonchev–Trinajstić information content (AvgIpc) is 2.87. The minimum Gasteiger partial charge on any atom is -0.384 e. The first-order chi connectivity index (χ1) is 16.9. The summed E-state index contributed by atoms with van der Waals surface area (Å²) in [4.78, 5) is 30.9. The third-order valence-electron chi connectivity index (χ3n) is 5.78. The van der Waals surface area contributed by atoms with Crippen LogP contribution in [0.2, 0.25) is 5.02 Å². The van der Waals surface area contributed by atoms with E-state index in [1.165, 1.54) is 12.1 Å². The smallest absolute Gasteiger partial charge is 0.239 e. The monoisotopic (exact) mass is 492 g/mol. The molecular weight excluding hydrogens is 471 g/mol. The number of amides is 1. The third-order valence-corrected chi connectivity index (χ3v) is 6.07. The van der Waals surface area contributed by atoms with E-state index in [9.17, 15) is 9.18 Å². The number of benzene rings is 1. The number of carbonyl (C=O) groups is 1. The van der Waals surface area contributed by atoms with Crippen molar-refractivity contribution in [2.75, 3.05) is 35.6 Å². The van der Waals surface area contributed by atoms with Crippen LogP contribution in [0.5, 0.6) is 0 Å². The fraction of sp³-hybridized carbons (Fsp3) is 0.208. The number of rotatable bonds is 5. The molecule has 1 aliphatic heterocycles. The predicted molar refractivity (Wildman–Crippen MR) is 134 cm³/mol. The molecule has 3 aromatic heterocycles. The van der Waals surface area contributed by atoms with Gasteiger partial charge < -0.3 is 21.3 Å². The minimum absolute atomic E-state index is 0.0506. The lowest BCUT2D eigenvalue weighted by Crippen LogP contribution is -2.48. The Morgan fingerprint density at radius 1 is 1.14 bits per heavy atom. The van der Waals surface area contributed by atoms with E-state index in [4.69, 9.17) is 17.3 Å². The van der Waals surface area contributed by atoms with Gasteiger partial charge in [-0.15, -0.1) is 0 Å². The van der Waals surface area contributed by atoms with E-state index < -0.39 is 11.9 Å². The van der Waals surface area contributed by atoms with E-state index in [0.717, 1.165) is 16.5 Å². The van der Waals surface area contributed by atoms with Crippen molar-refractivity contribution in [3.63, 3.8) is 0 Å². The summed E-state index contributed by atoms with van der Waals surface area (Å²) in [6, 6.07) is 7.93. The van der Waals surface area contributed by atoms with E-state index in [1.807, 2.05) is 23.1 Å². The number of fused-ring (bicyclic) bond motifs is 1. The van der Waals surface area contributed by atoms with Crippen LogP contribution in [0, 0.1) is 5.82 Å². The number of nitrogens with one attached hydrogen (secondary N) is 2. The predicted octanol–water partition coefficient (Wildman–Crippen LogP) is 3.57. The van der Waals surface area contributed by atoms with Crippen LogP contribution in [0.15, 0.2) is 48.9 Å². The van der Waals surface area contributed by atoms with Gasteiger partial charge in [0, 0.05) is 42.6 Å². The van der Waals surface area contributed by atoms with Crippen LogP contribution in [-0.4, -0.2) is 45.5 Å². The van der Waals surface area contributed by atoms with Crippen molar-refractivity contribution in [1.82, 2.24) is 25.3 Å². The van der Waals surface area contributed by atoms with E-state index in [0.29, 0.717) is 35.3 Å². The molecule has 0 aliphatic carbocycles. The summed E-state index contributed by atoms with van der Waals surface area (Å²) in [5.41, 5.74) is 8.91. The maximum Gasteiger partial charge on any atom is 0.239 e. The molecule has 35 heavy (non-hydrogen) atoms. The number of halogens is 2. The Morgan fingerprint density at radius 3 is 2.71 bits per heavy atom. The van der Waals surface area contributed by atoms with Gasteiger partial charge in [-0.25, -0.2) is 19.3 Å². The van der Waals surface area contributed by atoms with Gasteiger partial charge in [-0.3, -0.25) is 9.78 Å². The summed E-state index contributed by atoms with van der Waals surface area (Å²) in [6.45, 7) is 3.23. The number of pyridine rings is 2. The Labute approximate surface area is 205 Å². The van der Waals surface area contributed by atoms with Gasteiger partial charge in [0.1, 0.15) is 17.3 Å². The highest BCUT2D eigenvalue weighted by Gasteiger charge is 2.19. The molecule has 1 atom stereocenters. The van der Waals surface area contributed by atoms with Crippen molar-refractivity contribution in [2.24, 2.45) is 0 Å². The quantitative estimate of drug-likeness (QED) is 0.386. The summed E-state index contributed by atoms with van der Waals surface area (Å²) in [6.07, 6.45) is 4.99. The highest BCUT2D eigenvalue weighted by molar-refractivity contribution is 6.34. The Bertz CT molecular complexity index is 1420. The van der Waals surface area contributed by atoms with Crippen molar-refractivity contribution in [2.45, 2.75) is 13.0 Å². The lowest BCUT2D eigenvalue weighted by molar-refractivity contribution is -0.120. The second-order valence-electron chi connectivity index (χ2n) is 8.23. The number of aromatic nitrogens is 4. The van der Waals surface area contributed by atoms with Gasteiger partial charge >= 0.3 is 0 Å². The summed E-state index contributed by atoms with van der Waals surface area (Å²) in [5, 5.41) is 7.19. The molecule has 0 spiro atoms. The second-order valence-corrected chi connectivity index (χ2v) is 8.63. The van der Waals surface area contributed by atoms with Crippen LogP contribution in [0.25, 0.3) is 22.0 Å². The summed E-state index contributed by atoms with van der Waals surface area (Å²) < 4.78 is 14.4. The first-order valence-corrected chi connectivity index (χ1v) is 11.4. The highest BCUT2D eigenvalue weighted by atomic mass is 35.5. The molecule has 11 heteroatoms. The van der Waals surface area contributed by atoms with Gasteiger partial charge in [-0.2, -0.15) is 0 Å². The number of nitrogens with two attached hydrogens (primary N) is 1. The Morgan fingerprint density at radius 2 is 1.94 bits per heavy atom. The molecule has 1 amide bonds. The van der Waals surface area contributed by atoms with Gasteiger partial charge in [-0.05, 0) is 36.8 Å². The van der Waals surface area contributed by atoms with Crippen LogP contribution in [-0.2, 0) is 4.79 Å². The minimum atomic E-state index is -0.505. The average molecular weight is 493 g/mol. The first kappa shape index (κ1) is 22.7. The zero-order valence-corrected chi connectivity index (χ0v) is 19.6. The molecule has 5 rings (SSSR count). The Hall–Kier alpha value is -4.05. The molecule has 1 saturated heterocycles. The number of anilines is 3. The number of nitrogens with zero attached hydrogens (tertiary/aromatic N) is 5. The molecule has 1 unspecified atom stereocenters. The number of hydrogen-bond donors (Lipinski definition) is 3. The maximum atomic E-state index is 14.4. The van der Waals surface area contributed by atoms with E-state index >= 15 is 0 Å². The fourth-order valence-electron chi connectivity index (χ4n) is 4.00. The summed E-state index contributed by atoms with van der Waals surface area (Å²) in [5.74, 6) is 0.224. The Balaban J connectivity index is 1.47. The molecule has 178 valence electrons. The molecule has 0 radical (unpaired) electrons. The molecule has 0 bridgehead atoms. The van der Waals surface area contributed by atoms with E-state index in [-0.39, 0.29) is 24.0 Å². The Kier molecular flexibility index (Phi) is 6.04. The molecule has 1 aromatic carbocycles. The fourth-order valence-corrected chi connectivity index (χ4v) is 4.20. The number of carbonyl (C=O) groups excluding carboxylic acids is 1. The van der Waals surface area contributed by atoms with Gasteiger partial charge in [0.2, 0.25) is 11.9 Å². The van der Waals surface area contributed by atoms with E-state index in [1.54, 1.807) is 25.5 Å². The van der Waals surface area contributed by atoms with Gasteiger partial charge in [0.05, 0.1) is 28.8 Å². The zero-order valence-electron chi connectivity index (χ0n) is 18.8. The highest BCUT2D eigenvalue weighted by Crippen LogP contribution is 2.35. The lowest BCUT2D eigenvalue weighted by Gasteiger charge is -2.26. The molecule has 1 aliphatic rings. The summed E-state index contributed by atoms with van der Waals surface area (Å²) >= 11 is 6.50. The normalized spacial score (nSPS) is 14.6. The third kappa shape index (κ3) is 4.65. The van der Waals surface area contributed by atoms with Crippen molar-refractivity contribution >= 4 is 45.9 Å². The van der Waals surface area contributed by atoms with Crippen LogP contribution in [0.3, 0.4) is 0 Å². The van der Waals surface area contributed by atoms with Crippen LogP contribution in [0.4, 0.5) is 21.8 Å². The van der Waals surface area contributed by atoms with Gasteiger partial charge in [-0.1, -0.05) is 17.7 Å². The lowest BCUT2D eigenvalue weighted by atomic mass is 10.0. The van der Waals surface area contributed by atoms with Crippen molar-refractivity contribution < 1.29 is 9.18 Å². The largest absolute Gasteiger partial charge is 0.384 e. The molecule has 9 nitrogen and oxygen atoms in total. The second kappa shape index (κ2) is 9.30. The topological polar surface area (TPSA) is 122 Å². The van der Waals surface area contributed by atoms with Crippen LogP contribution >= 0.6 is 11.6 Å². The SMILES string of the molecule is CC(Nc1c(Cl)cnc2ccc(-c3cnc(N4CCNC(=O)C4)nc3)cc12)c1nc(N)ccc1F. The maximum absolute atomic E-state index is 14.4. The number of nitrogen functional groups attached to an aromatic ring is 1. The van der Waals surface area contributed by atoms with Crippen molar-refractivity contribution in [1.29, 1.82) is 0 Å². The van der Waals surface area contributed by atoms with Crippen LogP contribution in [0.1, 0.15) is 18.7 Å². The molecule has 4 aromatic rings. The molecular formula is C24H22ClFN8O. The van der Waals surface area contributed by atoms with Crippen LogP contribution < -0.4 is 21.3 Å². The standard InChI is InChI=1S/C24H22ClFN8O/c1-13(22-18(26)3-5-20(27)33-22)32-23-16-8-14(2-4-19(16)29-11-17(23)25)15-9-30-24(31-10-15)34-7-6-28-21(35)12-34/h2-5,8-11,13H,6-7,12H2,1H3,(H2,27,33)(H,28,35)(H,29,32). The van der Waals surface area contributed by atoms with Gasteiger partial charge in [0.15, 0.2) is 0 Å². The molecule has 0 saturated carbocycles. The number of hydrogen-bond acceptors (Lipinski definition) is 8. The van der Waals surface area contributed by atoms with Crippen molar-refractivity contribution in [3.05, 3.63) is 65.5 Å².